The van der Waals surface area contributed by atoms with Gasteiger partial charge in [-0.05, 0) is 22.1 Å². The third-order valence-corrected chi connectivity index (χ3v) is 3.90. The van der Waals surface area contributed by atoms with Crippen LogP contribution in [-0.4, -0.2) is 7.85 Å². The average Bonchev–Trinajstić information content (AvgIpc) is 2.54. The second-order valence-corrected chi connectivity index (χ2v) is 5.41. The molecule has 0 heterocycles. The molecule has 4 heteroatoms. The molecule has 2 radical (unpaired) electrons. The smallest absolute Gasteiger partial charge is 0.167 e. The van der Waals surface area contributed by atoms with Crippen molar-refractivity contribution in [3.63, 3.8) is 0 Å². The maximum atomic E-state index is 14.4. The van der Waals surface area contributed by atoms with Gasteiger partial charge in [0.25, 0.3) is 0 Å². The number of halogens is 2. The fourth-order valence-corrected chi connectivity index (χ4v) is 2.54. The molecular weight excluding hydrogens is 297 g/mol. The van der Waals surface area contributed by atoms with E-state index in [2.05, 4.69) is 12.6 Å². The molecule has 106 valence electrons. The third-order valence-electron chi connectivity index (χ3n) is 3.51. The van der Waals surface area contributed by atoms with Crippen molar-refractivity contribution in [2.24, 2.45) is 0 Å². The second-order valence-electron chi connectivity index (χ2n) is 4.93. The standard InChI is InChI=1S/C18H11BF2S/c19-15-9-6-12(10-16(15)22)14-8-7-13(17(20)18(14)21)11-4-2-1-3-5-11/h1-10,22H. The van der Waals surface area contributed by atoms with E-state index in [0.717, 1.165) is 0 Å². The molecule has 0 bridgehead atoms. The number of rotatable bonds is 2. The molecule has 0 saturated carbocycles. The number of hydrogen-bond donors (Lipinski definition) is 1. The Hall–Kier alpha value is -2.07. The van der Waals surface area contributed by atoms with E-state index in [9.17, 15) is 8.78 Å². The van der Waals surface area contributed by atoms with Gasteiger partial charge in [-0.15, -0.1) is 12.6 Å². The lowest BCUT2D eigenvalue weighted by molar-refractivity contribution is 0.514. The van der Waals surface area contributed by atoms with Crippen LogP contribution in [0.25, 0.3) is 22.3 Å². The quantitative estimate of drug-likeness (QED) is 0.527. The Morgan fingerprint density at radius 1 is 0.727 bits per heavy atom. The van der Waals surface area contributed by atoms with Gasteiger partial charge in [-0.1, -0.05) is 60.1 Å². The highest BCUT2D eigenvalue weighted by Crippen LogP contribution is 2.31. The molecular formula is C18H11BF2S. The van der Waals surface area contributed by atoms with Crippen molar-refractivity contribution in [3.05, 3.63) is 72.3 Å². The predicted octanol–water partition coefficient (Wildman–Crippen LogP) is 4.38. The minimum atomic E-state index is -0.876. The molecule has 0 aliphatic carbocycles. The Morgan fingerprint density at radius 2 is 1.32 bits per heavy atom. The first kappa shape index (κ1) is 14.9. The monoisotopic (exact) mass is 308 g/mol. The summed E-state index contributed by atoms with van der Waals surface area (Å²) in [5, 5.41) is 0. The Labute approximate surface area is 134 Å². The van der Waals surface area contributed by atoms with E-state index < -0.39 is 11.6 Å². The normalized spacial score (nSPS) is 10.7. The zero-order valence-corrected chi connectivity index (χ0v) is 12.4. The van der Waals surface area contributed by atoms with Gasteiger partial charge in [-0.2, -0.15) is 0 Å². The molecule has 0 aliphatic rings. The topological polar surface area (TPSA) is 0 Å². The van der Waals surface area contributed by atoms with Crippen molar-refractivity contribution in [3.8, 4) is 22.3 Å². The first-order chi connectivity index (χ1) is 10.6. The maximum absolute atomic E-state index is 14.4. The summed E-state index contributed by atoms with van der Waals surface area (Å²) in [6, 6.07) is 16.9. The van der Waals surface area contributed by atoms with E-state index in [0.29, 0.717) is 21.5 Å². The largest absolute Gasteiger partial charge is 0.203 e. The summed E-state index contributed by atoms with van der Waals surface area (Å²) in [7, 11) is 5.69. The molecule has 0 saturated heterocycles. The molecule has 0 aliphatic heterocycles. The van der Waals surface area contributed by atoms with Crippen LogP contribution in [0.5, 0.6) is 0 Å². The van der Waals surface area contributed by atoms with Gasteiger partial charge in [0, 0.05) is 11.1 Å². The summed E-state index contributed by atoms with van der Waals surface area (Å²) >= 11 is 4.21. The van der Waals surface area contributed by atoms with Gasteiger partial charge in [0.2, 0.25) is 0 Å². The van der Waals surface area contributed by atoms with Gasteiger partial charge in [-0.3, -0.25) is 0 Å². The van der Waals surface area contributed by atoms with E-state index in [4.69, 9.17) is 7.85 Å². The third kappa shape index (κ3) is 2.66. The van der Waals surface area contributed by atoms with Crippen molar-refractivity contribution in [2.45, 2.75) is 4.90 Å². The zero-order valence-electron chi connectivity index (χ0n) is 11.6. The lowest BCUT2D eigenvalue weighted by atomic mass is 9.92. The SMILES string of the molecule is [B]c1ccc(-c2ccc(-c3ccccc3)c(F)c2F)cc1S. The average molecular weight is 308 g/mol. The van der Waals surface area contributed by atoms with Gasteiger partial charge in [0.1, 0.15) is 7.85 Å². The zero-order chi connectivity index (χ0) is 15.7. The minimum Gasteiger partial charge on any atom is -0.203 e. The lowest BCUT2D eigenvalue weighted by Gasteiger charge is -2.10. The highest BCUT2D eigenvalue weighted by molar-refractivity contribution is 7.80. The first-order valence-electron chi connectivity index (χ1n) is 6.70. The van der Waals surface area contributed by atoms with E-state index >= 15 is 0 Å². The van der Waals surface area contributed by atoms with Crippen molar-refractivity contribution in [1.82, 2.24) is 0 Å². The van der Waals surface area contributed by atoms with Crippen molar-refractivity contribution in [1.29, 1.82) is 0 Å². The predicted molar refractivity (Wildman–Crippen MR) is 89.9 cm³/mol. The maximum Gasteiger partial charge on any atom is 0.167 e. The van der Waals surface area contributed by atoms with Crippen LogP contribution in [0.4, 0.5) is 8.78 Å². The molecule has 0 unspecified atom stereocenters. The van der Waals surface area contributed by atoms with Gasteiger partial charge in [-0.25, -0.2) is 8.78 Å². The molecule has 0 N–H and O–H groups in total. The summed E-state index contributed by atoms with van der Waals surface area (Å²) in [4.78, 5) is 0.532. The van der Waals surface area contributed by atoms with E-state index in [-0.39, 0.29) is 11.1 Å². The Kier molecular flexibility index (Phi) is 4.03. The van der Waals surface area contributed by atoms with Gasteiger partial charge >= 0.3 is 0 Å². The van der Waals surface area contributed by atoms with E-state index in [1.807, 2.05) is 6.07 Å². The highest BCUT2D eigenvalue weighted by atomic mass is 32.1. The van der Waals surface area contributed by atoms with Crippen LogP contribution < -0.4 is 5.46 Å². The number of thiol groups is 1. The molecule has 3 aromatic carbocycles. The van der Waals surface area contributed by atoms with Crippen molar-refractivity contribution >= 4 is 25.9 Å². The fourth-order valence-electron chi connectivity index (χ4n) is 2.32. The molecule has 3 rings (SSSR count). The summed E-state index contributed by atoms with van der Waals surface area (Å²) in [6.07, 6.45) is 0. The van der Waals surface area contributed by atoms with Crippen molar-refractivity contribution in [2.75, 3.05) is 0 Å². The minimum absolute atomic E-state index is 0.187. The Balaban J connectivity index is 2.12. The molecule has 0 spiro atoms. The Morgan fingerprint density at radius 3 is 1.91 bits per heavy atom. The van der Waals surface area contributed by atoms with Crippen LogP contribution in [0, 0.1) is 11.6 Å². The van der Waals surface area contributed by atoms with Gasteiger partial charge in [0.05, 0.1) is 0 Å². The second kappa shape index (κ2) is 5.97. The van der Waals surface area contributed by atoms with Gasteiger partial charge in [0.15, 0.2) is 11.6 Å². The van der Waals surface area contributed by atoms with Crippen LogP contribution >= 0.6 is 12.6 Å². The Bertz CT molecular complexity index is 832. The number of hydrogen-bond acceptors (Lipinski definition) is 1. The highest BCUT2D eigenvalue weighted by Gasteiger charge is 2.16. The summed E-state index contributed by atoms with van der Waals surface area (Å²) < 4.78 is 28.8. The summed E-state index contributed by atoms with van der Waals surface area (Å²) in [5.41, 5.74) is 2.09. The molecule has 0 nitrogen and oxygen atoms in total. The molecule has 3 aromatic rings. The molecule has 0 atom stereocenters. The summed E-state index contributed by atoms with van der Waals surface area (Å²) in [5.74, 6) is -1.74. The van der Waals surface area contributed by atoms with Crippen LogP contribution in [0.3, 0.4) is 0 Å². The van der Waals surface area contributed by atoms with Crippen LogP contribution in [-0.2, 0) is 0 Å². The van der Waals surface area contributed by atoms with Crippen molar-refractivity contribution < 1.29 is 8.78 Å². The van der Waals surface area contributed by atoms with Crippen LogP contribution in [0.2, 0.25) is 0 Å². The molecule has 0 amide bonds. The van der Waals surface area contributed by atoms with Crippen LogP contribution in [0.1, 0.15) is 0 Å². The molecule has 0 fully saturated rings. The van der Waals surface area contributed by atoms with E-state index in [1.165, 1.54) is 0 Å². The molecule has 22 heavy (non-hydrogen) atoms. The van der Waals surface area contributed by atoms with Crippen LogP contribution in [0.15, 0.2) is 65.6 Å². The first-order valence-corrected chi connectivity index (χ1v) is 7.15. The molecule has 0 aromatic heterocycles. The number of benzene rings is 3. The van der Waals surface area contributed by atoms with E-state index in [1.54, 1.807) is 54.6 Å². The fraction of sp³-hybridized carbons (Fsp3) is 0. The summed E-state index contributed by atoms with van der Waals surface area (Å²) in [6.45, 7) is 0. The lowest BCUT2D eigenvalue weighted by Crippen LogP contribution is -2.04. The van der Waals surface area contributed by atoms with Gasteiger partial charge < -0.3 is 0 Å².